The largest absolute Gasteiger partial charge is 0.377 e. The molecule has 96 valence electrons. The number of benzene rings is 1. The van der Waals surface area contributed by atoms with Gasteiger partial charge in [-0.1, -0.05) is 24.6 Å². The first-order valence-electron chi connectivity index (χ1n) is 5.90. The van der Waals surface area contributed by atoms with Crippen molar-refractivity contribution in [1.82, 2.24) is 0 Å². The first-order valence-corrected chi connectivity index (χ1v) is 6.28. The lowest BCUT2D eigenvalue weighted by atomic mass is 10.00. The highest BCUT2D eigenvalue weighted by molar-refractivity contribution is 6.31. The summed E-state index contributed by atoms with van der Waals surface area (Å²) in [5, 5.41) is 0.423. The zero-order valence-electron chi connectivity index (χ0n) is 10.2. The molecule has 0 fully saturated rings. The van der Waals surface area contributed by atoms with E-state index < -0.39 is 0 Å². The zero-order valence-corrected chi connectivity index (χ0v) is 11.0. The van der Waals surface area contributed by atoms with E-state index in [0.29, 0.717) is 23.6 Å². The molecule has 2 atom stereocenters. The van der Waals surface area contributed by atoms with Gasteiger partial charge in [-0.05, 0) is 31.9 Å². The zero-order chi connectivity index (χ0) is 12.8. The second-order valence-electron chi connectivity index (χ2n) is 3.97. The first kappa shape index (κ1) is 14.4. The minimum absolute atomic E-state index is 0.0596. The van der Waals surface area contributed by atoms with Gasteiger partial charge in [0, 0.05) is 23.2 Å². The molecule has 0 bridgehead atoms. The second-order valence-corrected chi connectivity index (χ2v) is 4.38. The molecular formula is C13H19ClFNO. The Morgan fingerprint density at radius 1 is 1.41 bits per heavy atom. The number of nitrogens with two attached hydrogens (primary N) is 1. The lowest BCUT2D eigenvalue weighted by molar-refractivity contribution is 0.0416. The van der Waals surface area contributed by atoms with Crippen LogP contribution in [0.5, 0.6) is 0 Å². The van der Waals surface area contributed by atoms with Crippen LogP contribution in [-0.2, 0) is 11.2 Å². The molecule has 0 aliphatic rings. The average Bonchev–Trinajstić information content (AvgIpc) is 2.30. The Bertz CT molecular complexity index is 339. The van der Waals surface area contributed by atoms with E-state index >= 15 is 0 Å². The van der Waals surface area contributed by atoms with E-state index in [0.717, 1.165) is 6.42 Å². The van der Waals surface area contributed by atoms with E-state index in [1.807, 2.05) is 13.8 Å². The molecule has 1 rings (SSSR count). The van der Waals surface area contributed by atoms with E-state index in [2.05, 4.69) is 0 Å². The van der Waals surface area contributed by atoms with Crippen molar-refractivity contribution in [3.8, 4) is 0 Å². The molecule has 2 N–H and O–H groups in total. The van der Waals surface area contributed by atoms with Crippen LogP contribution < -0.4 is 5.73 Å². The summed E-state index contributed by atoms with van der Waals surface area (Å²) in [6, 6.07) is 4.42. The maximum absolute atomic E-state index is 13.6. The lowest BCUT2D eigenvalue weighted by Gasteiger charge is -2.23. The fourth-order valence-corrected chi connectivity index (χ4v) is 2.09. The Balaban J connectivity index is 2.76. The van der Waals surface area contributed by atoms with Crippen LogP contribution in [0.1, 0.15) is 25.8 Å². The molecule has 0 heterocycles. The van der Waals surface area contributed by atoms with Crippen molar-refractivity contribution in [3.05, 3.63) is 34.6 Å². The van der Waals surface area contributed by atoms with Gasteiger partial charge in [-0.3, -0.25) is 0 Å². The Hall–Kier alpha value is -0.640. The third kappa shape index (κ3) is 3.95. The third-order valence-electron chi connectivity index (χ3n) is 2.76. The van der Waals surface area contributed by atoms with Crippen LogP contribution in [0, 0.1) is 5.82 Å². The summed E-state index contributed by atoms with van der Waals surface area (Å²) in [6.07, 6.45) is 1.14. The molecule has 0 aromatic heterocycles. The van der Waals surface area contributed by atoms with Crippen molar-refractivity contribution in [2.24, 2.45) is 5.73 Å². The summed E-state index contributed by atoms with van der Waals surface area (Å²) in [6.45, 7) is 4.53. The van der Waals surface area contributed by atoms with Crippen molar-refractivity contribution in [1.29, 1.82) is 0 Å². The van der Waals surface area contributed by atoms with Gasteiger partial charge in [-0.15, -0.1) is 0 Å². The van der Waals surface area contributed by atoms with Gasteiger partial charge in [0.15, 0.2) is 0 Å². The number of hydrogen-bond acceptors (Lipinski definition) is 2. The van der Waals surface area contributed by atoms with Crippen LogP contribution in [0.15, 0.2) is 18.2 Å². The summed E-state index contributed by atoms with van der Waals surface area (Å²) in [7, 11) is 0. The molecule has 2 unspecified atom stereocenters. The van der Waals surface area contributed by atoms with Gasteiger partial charge in [0.2, 0.25) is 0 Å². The van der Waals surface area contributed by atoms with Gasteiger partial charge in [0.1, 0.15) is 5.82 Å². The van der Waals surface area contributed by atoms with Crippen LogP contribution in [-0.4, -0.2) is 18.8 Å². The number of hydrogen-bond donors (Lipinski definition) is 1. The van der Waals surface area contributed by atoms with Gasteiger partial charge >= 0.3 is 0 Å². The van der Waals surface area contributed by atoms with Crippen LogP contribution >= 0.6 is 11.6 Å². The van der Waals surface area contributed by atoms with Gasteiger partial charge < -0.3 is 10.5 Å². The summed E-state index contributed by atoms with van der Waals surface area (Å²) in [5.74, 6) is -0.306. The molecule has 0 spiro atoms. The van der Waals surface area contributed by atoms with Crippen molar-refractivity contribution >= 4 is 11.6 Å². The molecule has 1 aromatic carbocycles. The summed E-state index contributed by atoms with van der Waals surface area (Å²) < 4.78 is 19.1. The van der Waals surface area contributed by atoms with Crippen LogP contribution in [0.3, 0.4) is 0 Å². The maximum Gasteiger partial charge on any atom is 0.127 e. The Morgan fingerprint density at radius 3 is 2.65 bits per heavy atom. The lowest BCUT2D eigenvalue weighted by Crippen LogP contribution is -2.38. The molecular weight excluding hydrogens is 241 g/mol. The van der Waals surface area contributed by atoms with E-state index in [9.17, 15) is 4.39 Å². The van der Waals surface area contributed by atoms with Crippen LogP contribution in [0.4, 0.5) is 4.39 Å². The SMILES string of the molecule is CCOC(CC)C(N)Cc1c(F)cccc1Cl. The van der Waals surface area contributed by atoms with E-state index in [4.69, 9.17) is 22.1 Å². The highest BCUT2D eigenvalue weighted by Crippen LogP contribution is 2.21. The summed E-state index contributed by atoms with van der Waals surface area (Å²) >= 11 is 5.96. The van der Waals surface area contributed by atoms with Crippen LogP contribution in [0.2, 0.25) is 5.02 Å². The molecule has 0 radical (unpaired) electrons. The number of ether oxygens (including phenoxy) is 1. The quantitative estimate of drug-likeness (QED) is 0.852. The molecule has 0 aliphatic carbocycles. The number of halogens is 2. The Kier molecular flexibility index (Phi) is 5.89. The fraction of sp³-hybridized carbons (Fsp3) is 0.538. The monoisotopic (exact) mass is 259 g/mol. The van der Waals surface area contributed by atoms with E-state index in [-0.39, 0.29) is 18.0 Å². The normalized spacial score (nSPS) is 14.6. The van der Waals surface area contributed by atoms with Crippen LogP contribution in [0.25, 0.3) is 0 Å². The van der Waals surface area contributed by atoms with Gasteiger partial charge in [-0.25, -0.2) is 4.39 Å². The van der Waals surface area contributed by atoms with Gasteiger partial charge in [-0.2, -0.15) is 0 Å². The smallest absolute Gasteiger partial charge is 0.127 e. The minimum Gasteiger partial charge on any atom is -0.377 e. The Morgan fingerprint density at radius 2 is 2.12 bits per heavy atom. The fourth-order valence-electron chi connectivity index (χ4n) is 1.85. The van der Waals surface area contributed by atoms with Crippen molar-refractivity contribution in [2.45, 2.75) is 38.8 Å². The predicted octanol–water partition coefficient (Wildman–Crippen LogP) is 3.16. The second kappa shape index (κ2) is 6.94. The topological polar surface area (TPSA) is 35.2 Å². The molecule has 0 amide bonds. The van der Waals surface area contributed by atoms with E-state index in [1.54, 1.807) is 12.1 Å². The molecule has 1 aromatic rings. The average molecular weight is 260 g/mol. The standard InChI is InChI=1S/C13H19ClFNO/c1-3-13(17-4-2)12(16)8-9-10(14)6-5-7-11(9)15/h5-7,12-13H,3-4,8,16H2,1-2H3. The van der Waals surface area contributed by atoms with Gasteiger partial charge in [0.05, 0.1) is 6.10 Å². The minimum atomic E-state index is -0.306. The predicted molar refractivity (Wildman–Crippen MR) is 68.8 cm³/mol. The van der Waals surface area contributed by atoms with E-state index in [1.165, 1.54) is 6.07 Å². The Labute approximate surface area is 107 Å². The summed E-state index contributed by atoms with van der Waals surface area (Å²) in [4.78, 5) is 0. The molecule has 0 aliphatic heterocycles. The maximum atomic E-state index is 13.6. The number of rotatable bonds is 6. The third-order valence-corrected chi connectivity index (χ3v) is 3.12. The molecule has 0 saturated carbocycles. The van der Waals surface area contributed by atoms with Crippen molar-refractivity contribution in [2.75, 3.05) is 6.61 Å². The first-order chi connectivity index (χ1) is 8.10. The molecule has 0 saturated heterocycles. The van der Waals surface area contributed by atoms with Crippen molar-refractivity contribution in [3.63, 3.8) is 0 Å². The highest BCUT2D eigenvalue weighted by Gasteiger charge is 2.19. The van der Waals surface area contributed by atoms with Gasteiger partial charge in [0.25, 0.3) is 0 Å². The summed E-state index contributed by atoms with van der Waals surface area (Å²) in [5.41, 5.74) is 6.51. The molecule has 4 heteroatoms. The highest BCUT2D eigenvalue weighted by atomic mass is 35.5. The molecule has 2 nitrogen and oxygen atoms in total. The molecule has 17 heavy (non-hydrogen) atoms. The van der Waals surface area contributed by atoms with Crippen molar-refractivity contribution < 1.29 is 9.13 Å².